The van der Waals surface area contributed by atoms with Crippen molar-refractivity contribution in [3.63, 3.8) is 0 Å². The highest BCUT2D eigenvalue weighted by atomic mass is 19.4. The number of fused-ring (bicyclic) bond motifs is 1. The second-order valence-corrected chi connectivity index (χ2v) is 8.10. The van der Waals surface area contributed by atoms with E-state index in [0.717, 1.165) is 6.07 Å². The van der Waals surface area contributed by atoms with Crippen LogP contribution in [0.25, 0.3) is 11.0 Å². The molecule has 0 aliphatic carbocycles. The van der Waals surface area contributed by atoms with Gasteiger partial charge in [-0.2, -0.15) is 13.2 Å². The zero-order chi connectivity index (χ0) is 25.1. The molecular weight excluding hydrogens is 457 g/mol. The number of rotatable bonds is 7. The average Bonchev–Trinajstić information content (AvgIpc) is 2.73. The molecule has 0 radical (unpaired) electrons. The van der Waals surface area contributed by atoms with Crippen LogP contribution in [0.15, 0.2) is 51.7 Å². The van der Waals surface area contributed by atoms with Crippen molar-refractivity contribution in [1.29, 1.82) is 0 Å². The van der Waals surface area contributed by atoms with Crippen LogP contribution in [-0.2, 0) is 15.7 Å². The van der Waals surface area contributed by atoms with Gasteiger partial charge in [-0.1, -0.05) is 12.1 Å². The Morgan fingerprint density at radius 3 is 2.29 bits per heavy atom. The second-order valence-electron chi connectivity index (χ2n) is 8.10. The predicted molar refractivity (Wildman–Crippen MR) is 117 cm³/mol. The summed E-state index contributed by atoms with van der Waals surface area (Å²) in [6, 6.07) is 9.67. The lowest BCUT2D eigenvalue weighted by molar-refractivity contribution is -0.157. The van der Waals surface area contributed by atoms with E-state index in [4.69, 9.17) is 23.4 Å². The molecule has 0 aliphatic rings. The van der Waals surface area contributed by atoms with Crippen molar-refractivity contribution >= 4 is 16.9 Å². The first-order chi connectivity index (χ1) is 15.9. The first-order valence-corrected chi connectivity index (χ1v) is 10.3. The van der Waals surface area contributed by atoms with Gasteiger partial charge in [-0.25, -0.2) is 4.79 Å². The molecule has 0 aliphatic heterocycles. The molecule has 182 valence electrons. The van der Waals surface area contributed by atoms with E-state index >= 15 is 0 Å². The molecular formula is C24H23F3O7. The highest BCUT2D eigenvalue weighted by Crippen LogP contribution is 2.40. The first kappa shape index (κ1) is 24.9. The van der Waals surface area contributed by atoms with Crippen molar-refractivity contribution in [1.82, 2.24) is 0 Å². The summed E-state index contributed by atoms with van der Waals surface area (Å²) in [7, 11) is 0. The number of alkyl halides is 3. The molecule has 0 spiro atoms. The number of hydrogen-bond donors (Lipinski definition) is 0. The maximum absolute atomic E-state index is 13.8. The van der Waals surface area contributed by atoms with Gasteiger partial charge in [0.15, 0.2) is 18.1 Å². The number of halogens is 3. The fourth-order valence-electron chi connectivity index (χ4n) is 2.96. The standard InChI is InChI=1S/C24H23F3O7/c1-5-30-16-8-6-7-9-17(16)32-21-20(29)15-11-10-14(31-13-19(28)34-23(2,3)4)12-18(15)33-22(21)24(25,26)27/h6-12H,5,13H2,1-4H3. The molecule has 3 aromatic rings. The number of carbonyl (C=O) groups is 1. The molecule has 1 heterocycles. The van der Waals surface area contributed by atoms with E-state index < -0.39 is 41.3 Å². The average molecular weight is 480 g/mol. The van der Waals surface area contributed by atoms with Crippen LogP contribution in [0.3, 0.4) is 0 Å². The molecule has 0 saturated carbocycles. The van der Waals surface area contributed by atoms with E-state index in [1.807, 2.05) is 0 Å². The molecule has 34 heavy (non-hydrogen) atoms. The number of hydrogen-bond acceptors (Lipinski definition) is 7. The minimum Gasteiger partial charge on any atom is -0.490 e. The topological polar surface area (TPSA) is 84.2 Å². The summed E-state index contributed by atoms with van der Waals surface area (Å²) in [6.45, 7) is 6.51. The van der Waals surface area contributed by atoms with Gasteiger partial charge >= 0.3 is 12.1 Å². The summed E-state index contributed by atoms with van der Waals surface area (Å²) in [6.07, 6.45) is -5.03. The Hall–Kier alpha value is -3.69. The molecule has 0 fully saturated rings. The predicted octanol–water partition coefficient (Wildman–Crippen LogP) is 5.72. The summed E-state index contributed by atoms with van der Waals surface area (Å²) >= 11 is 0. The van der Waals surface area contributed by atoms with Crippen LogP contribution < -0.4 is 19.6 Å². The van der Waals surface area contributed by atoms with Gasteiger partial charge < -0.3 is 23.4 Å². The third-order valence-corrected chi connectivity index (χ3v) is 4.22. The van der Waals surface area contributed by atoms with Gasteiger partial charge in [-0.3, -0.25) is 4.79 Å². The Kier molecular flexibility index (Phi) is 7.09. The SMILES string of the molecule is CCOc1ccccc1Oc1c(C(F)(F)F)oc2cc(OCC(=O)OC(C)(C)C)ccc2c1=O. The molecule has 0 bridgehead atoms. The summed E-state index contributed by atoms with van der Waals surface area (Å²) in [5, 5.41) is -0.165. The zero-order valence-electron chi connectivity index (χ0n) is 18.9. The highest BCUT2D eigenvalue weighted by Gasteiger charge is 2.40. The number of benzene rings is 2. The second kappa shape index (κ2) is 9.66. The van der Waals surface area contributed by atoms with E-state index in [0.29, 0.717) is 0 Å². The lowest BCUT2D eigenvalue weighted by Gasteiger charge is -2.19. The summed E-state index contributed by atoms with van der Waals surface area (Å²) < 4.78 is 67.5. The van der Waals surface area contributed by atoms with Crippen LogP contribution >= 0.6 is 0 Å². The van der Waals surface area contributed by atoms with E-state index in [1.165, 1.54) is 30.3 Å². The molecule has 10 heteroatoms. The maximum Gasteiger partial charge on any atom is 0.453 e. The minimum absolute atomic E-state index is 0.0185. The van der Waals surface area contributed by atoms with Gasteiger partial charge in [0.2, 0.25) is 11.2 Å². The van der Waals surface area contributed by atoms with Crippen molar-refractivity contribution in [3.05, 3.63) is 58.4 Å². The van der Waals surface area contributed by atoms with Gasteiger partial charge in [-0.15, -0.1) is 0 Å². The Balaban J connectivity index is 2.00. The monoisotopic (exact) mass is 480 g/mol. The zero-order valence-corrected chi connectivity index (χ0v) is 18.9. The lowest BCUT2D eigenvalue weighted by Crippen LogP contribution is -2.27. The Labute approximate surface area is 193 Å². The minimum atomic E-state index is -5.03. The Bertz CT molecular complexity index is 1240. The number of para-hydroxylation sites is 2. The lowest BCUT2D eigenvalue weighted by atomic mass is 10.2. The summed E-state index contributed by atoms with van der Waals surface area (Å²) in [5.41, 5.74) is -2.14. The van der Waals surface area contributed by atoms with Crippen LogP contribution in [0.2, 0.25) is 0 Å². The molecule has 3 rings (SSSR count). The van der Waals surface area contributed by atoms with Crippen LogP contribution in [0, 0.1) is 0 Å². The van der Waals surface area contributed by atoms with Crippen molar-refractivity contribution in [3.8, 4) is 23.0 Å². The molecule has 0 amide bonds. The molecule has 0 saturated heterocycles. The van der Waals surface area contributed by atoms with Gasteiger partial charge in [-0.05, 0) is 52.0 Å². The Morgan fingerprint density at radius 2 is 1.68 bits per heavy atom. The smallest absolute Gasteiger partial charge is 0.453 e. The largest absolute Gasteiger partial charge is 0.490 e. The van der Waals surface area contributed by atoms with Crippen molar-refractivity contribution in [2.75, 3.05) is 13.2 Å². The van der Waals surface area contributed by atoms with E-state index in [2.05, 4.69) is 0 Å². The van der Waals surface area contributed by atoms with Crippen LogP contribution in [0.4, 0.5) is 13.2 Å². The first-order valence-electron chi connectivity index (χ1n) is 10.3. The van der Waals surface area contributed by atoms with Crippen molar-refractivity contribution in [2.45, 2.75) is 39.5 Å². The van der Waals surface area contributed by atoms with Gasteiger partial charge in [0.1, 0.15) is 16.9 Å². The van der Waals surface area contributed by atoms with E-state index in [9.17, 15) is 22.8 Å². The Morgan fingerprint density at radius 1 is 1.00 bits per heavy atom. The quantitative estimate of drug-likeness (QED) is 0.400. The van der Waals surface area contributed by atoms with Gasteiger partial charge in [0, 0.05) is 6.07 Å². The summed E-state index contributed by atoms with van der Waals surface area (Å²) in [4.78, 5) is 24.8. The number of carbonyl (C=O) groups excluding carboxylic acids is 1. The van der Waals surface area contributed by atoms with Gasteiger partial charge in [0.05, 0.1) is 12.0 Å². The van der Waals surface area contributed by atoms with Crippen molar-refractivity contribution in [2.24, 2.45) is 0 Å². The van der Waals surface area contributed by atoms with E-state index in [1.54, 1.807) is 33.8 Å². The summed E-state index contributed by atoms with van der Waals surface area (Å²) in [5.74, 6) is -3.18. The third kappa shape index (κ3) is 6.00. The van der Waals surface area contributed by atoms with Gasteiger partial charge in [0.25, 0.3) is 5.76 Å². The van der Waals surface area contributed by atoms with Crippen LogP contribution in [0.1, 0.15) is 33.5 Å². The highest BCUT2D eigenvalue weighted by molar-refractivity contribution is 5.80. The molecule has 0 N–H and O–H groups in total. The number of ether oxygens (including phenoxy) is 4. The number of esters is 1. The maximum atomic E-state index is 13.8. The molecule has 7 nitrogen and oxygen atoms in total. The molecule has 0 unspecified atom stereocenters. The fourth-order valence-corrected chi connectivity index (χ4v) is 2.96. The molecule has 0 atom stereocenters. The fraction of sp³-hybridized carbons (Fsp3) is 0.333. The van der Waals surface area contributed by atoms with Crippen LogP contribution in [0.5, 0.6) is 23.0 Å². The third-order valence-electron chi connectivity index (χ3n) is 4.22. The van der Waals surface area contributed by atoms with E-state index in [-0.39, 0.29) is 34.8 Å². The molecule has 1 aromatic heterocycles. The van der Waals surface area contributed by atoms with Crippen molar-refractivity contribution < 1.29 is 41.3 Å². The van der Waals surface area contributed by atoms with Crippen LogP contribution in [-0.4, -0.2) is 24.8 Å². The normalized spacial score (nSPS) is 11.9. The molecule has 2 aromatic carbocycles.